The summed E-state index contributed by atoms with van der Waals surface area (Å²) in [5.74, 6) is 1.57. The molecule has 1 saturated heterocycles. The third kappa shape index (κ3) is 4.00. The number of hydrogen-bond acceptors (Lipinski definition) is 4. The molecule has 0 aromatic heterocycles. The maximum absolute atomic E-state index is 12.7. The SMILES string of the molecule is COc1ccc2c(c1)C(NC(=O)N1CCC(OC)CC1)CC(C)(C)O2. The van der Waals surface area contributed by atoms with Crippen LogP contribution in [0.3, 0.4) is 0 Å². The van der Waals surface area contributed by atoms with Gasteiger partial charge in [0, 0.05) is 32.2 Å². The molecule has 1 aromatic carbocycles. The molecule has 1 atom stereocenters. The molecular formula is C19H28N2O4. The van der Waals surface area contributed by atoms with Crippen LogP contribution >= 0.6 is 0 Å². The predicted molar refractivity (Wildman–Crippen MR) is 95.2 cm³/mol. The predicted octanol–water partition coefficient (Wildman–Crippen LogP) is 3.12. The fraction of sp³-hybridized carbons (Fsp3) is 0.632. The van der Waals surface area contributed by atoms with E-state index in [1.807, 2.05) is 36.9 Å². The van der Waals surface area contributed by atoms with Gasteiger partial charge in [-0.25, -0.2) is 4.79 Å². The number of rotatable bonds is 3. The standard InChI is InChI=1S/C19H28N2O4/c1-19(2)12-16(15-11-14(24-4)5-6-17(15)25-19)20-18(22)21-9-7-13(23-3)8-10-21/h5-6,11,13,16H,7-10,12H2,1-4H3,(H,20,22). The van der Waals surface area contributed by atoms with Crippen LogP contribution < -0.4 is 14.8 Å². The van der Waals surface area contributed by atoms with Gasteiger partial charge in [-0.15, -0.1) is 0 Å². The first-order chi connectivity index (χ1) is 11.9. The smallest absolute Gasteiger partial charge is 0.317 e. The summed E-state index contributed by atoms with van der Waals surface area (Å²) in [6.07, 6.45) is 2.74. The first-order valence-corrected chi connectivity index (χ1v) is 8.87. The molecule has 3 rings (SSSR count). The number of hydrogen-bond donors (Lipinski definition) is 1. The molecule has 2 amide bonds. The number of carbonyl (C=O) groups is 1. The van der Waals surface area contributed by atoms with Gasteiger partial charge < -0.3 is 24.4 Å². The van der Waals surface area contributed by atoms with Gasteiger partial charge in [-0.05, 0) is 44.9 Å². The molecule has 0 spiro atoms. The van der Waals surface area contributed by atoms with E-state index in [9.17, 15) is 4.79 Å². The van der Waals surface area contributed by atoms with Crippen LogP contribution in [0.5, 0.6) is 11.5 Å². The van der Waals surface area contributed by atoms with E-state index in [1.165, 1.54) is 0 Å². The van der Waals surface area contributed by atoms with Gasteiger partial charge in [0.15, 0.2) is 0 Å². The lowest BCUT2D eigenvalue weighted by atomic mass is 9.89. The number of ether oxygens (including phenoxy) is 3. The Hall–Kier alpha value is -1.95. The molecule has 0 aliphatic carbocycles. The zero-order chi connectivity index (χ0) is 18.0. The summed E-state index contributed by atoms with van der Waals surface area (Å²) in [4.78, 5) is 14.6. The van der Waals surface area contributed by atoms with E-state index in [2.05, 4.69) is 5.32 Å². The van der Waals surface area contributed by atoms with E-state index in [0.717, 1.165) is 43.0 Å². The van der Waals surface area contributed by atoms with Crippen molar-refractivity contribution in [1.82, 2.24) is 10.2 Å². The summed E-state index contributed by atoms with van der Waals surface area (Å²) in [6, 6.07) is 5.63. The van der Waals surface area contributed by atoms with Crippen molar-refractivity contribution in [2.45, 2.75) is 50.9 Å². The molecule has 2 aliphatic heterocycles. The number of amides is 2. The van der Waals surface area contributed by atoms with Gasteiger partial charge in [-0.2, -0.15) is 0 Å². The number of urea groups is 1. The molecule has 0 saturated carbocycles. The van der Waals surface area contributed by atoms with Crippen molar-refractivity contribution in [2.75, 3.05) is 27.3 Å². The number of fused-ring (bicyclic) bond motifs is 1. The highest BCUT2D eigenvalue weighted by atomic mass is 16.5. The quantitative estimate of drug-likeness (QED) is 0.912. The number of likely N-dealkylation sites (tertiary alicyclic amines) is 1. The van der Waals surface area contributed by atoms with Crippen LogP contribution in [0.1, 0.15) is 44.7 Å². The molecule has 138 valence electrons. The minimum Gasteiger partial charge on any atom is -0.497 e. The molecule has 6 nitrogen and oxygen atoms in total. The Kier molecular flexibility index (Phi) is 5.08. The second-order valence-electron chi connectivity index (χ2n) is 7.39. The lowest BCUT2D eigenvalue weighted by molar-refractivity contribution is 0.0467. The fourth-order valence-electron chi connectivity index (χ4n) is 3.62. The van der Waals surface area contributed by atoms with Gasteiger partial charge in [-0.1, -0.05) is 0 Å². The van der Waals surface area contributed by atoms with Crippen LogP contribution in [0.2, 0.25) is 0 Å². The molecule has 0 bridgehead atoms. The van der Waals surface area contributed by atoms with Gasteiger partial charge in [0.1, 0.15) is 17.1 Å². The number of benzene rings is 1. The van der Waals surface area contributed by atoms with Crippen molar-refractivity contribution >= 4 is 6.03 Å². The highest BCUT2D eigenvalue weighted by molar-refractivity contribution is 5.75. The van der Waals surface area contributed by atoms with Gasteiger partial charge in [-0.3, -0.25) is 0 Å². The minimum atomic E-state index is -0.331. The molecule has 2 aliphatic rings. The van der Waals surface area contributed by atoms with Gasteiger partial charge in [0.05, 0.1) is 19.3 Å². The van der Waals surface area contributed by atoms with Crippen LogP contribution in [-0.2, 0) is 4.74 Å². The average Bonchev–Trinajstić information content (AvgIpc) is 2.60. The summed E-state index contributed by atoms with van der Waals surface area (Å²) in [6.45, 7) is 5.54. The Morgan fingerprint density at radius 2 is 2.00 bits per heavy atom. The normalized spacial score (nSPS) is 22.7. The zero-order valence-electron chi connectivity index (χ0n) is 15.5. The van der Waals surface area contributed by atoms with Crippen molar-refractivity contribution < 1.29 is 19.0 Å². The molecule has 6 heteroatoms. The van der Waals surface area contributed by atoms with E-state index in [1.54, 1.807) is 14.2 Å². The Balaban J connectivity index is 1.74. The molecule has 1 unspecified atom stereocenters. The van der Waals surface area contributed by atoms with Crippen LogP contribution in [0.15, 0.2) is 18.2 Å². The zero-order valence-corrected chi connectivity index (χ0v) is 15.5. The largest absolute Gasteiger partial charge is 0.497 e. The highest BCUT2D eigenvalue weighted by Crippen LogP contribution is 2.41. The number of piperidine rings is 1. The topological polar surface area (TPSA) is 60.0 Å². The van der Waals surface area contributed by atoms with Crippen molar-refractivity contribution in [3.8, 4) is 11.5 Å². The van der Waals surface area contributed by atoms with E-state index >= 15 is 0 Å². The lowest BCUT2D eigenvalue weighted by Crippen LogP contribution is -2.49. The molecule has 1 aromatic rings. The molecule has 25 heavy (non-hydrogen) atoms. The first-order valence-electron chi connectivity index (χ1n) is 8.87. The first kappa shape index (κ1) is 17.9. The number of nitrogens with zero attached hydrogens (tertiary/aromatic N) is 1. The van der Waals surface area contributed by atoms with E-state index in [-0.39, 0.29) is 23.8 Å². The lowest BCUT2D eigenvalue weighted by Gasteiger charge is -2.39. The van der Waals surface area contributed by atoms with Crippen LogP contribution in [0, 0.1) is 0 Å². The van der Waals surface area contributed by atoms with Gasteiger partial charge in [0.25, 0.3) is 0 Å². The Morgan fingerprint density at radius 1 is 1.28 bits per heavy atom. The van der Waals surface area contributed by atoms with Crippen molar-refractivity contribution in [3.05, 3.63) is 23.8 Å². The summed E-state index contributed by atoms with van der Waals surface area (Å²) in [7, 11) is 3.37. The van der Waals surface area contributed by atoms with Crippen molar-refractivity contribution in [3.63, 3.8) is 0 Å². The van der Waals surface area contributed by atoms with E-state index in [4.69, 9.17) is 14.2 Å². The summed E-state index contributed by atoms with van der Waals surface area (Å²) in [5, 5.41) is 3.20. The molecule has 2 heterocycles. The molecule has 0 radical (unpaired) electrons. The fourth-order valence-corrected chi connectivity index (χ4v) is 3.62. The summed E-state index contributed by atoms with van der Waals surface area (Å²) in [5.41, 5.74) is 0.640. The second-order valence-corrected chi connectivity index (χ2v) is 7.39. The van der Waals surface area contributed by atoms with E-state index in [0.29, 0.717) is 6.42 Å². The van der Waals surface area contributed by atoms with E-state index < -0.39 is 0 Å². The summed E-state index contributed by atoms with van der Waals surface area (Å²) >= 11 is 0. The Labute approximate surface area is 149 Å². The second kappa shape index (κ2) is 7.12. The van der Waals surface area contributed by atoms with Crippen LogP contribution in [0.25, 0.3) is 0 Å². The maximum Gasteiger partial charge on any atom is 0.317 e. The average molecular weight is 348 g/mol. The molecule has 1 fully saturated rings. The van der Waals surface area contributed by atoms with Crippen molar-refractivity contribution in [1.29, 1.82) is 0 Å². The monoisotopic (exact) mass is 348 g/mol. The molecular weight excluding hydrogens is 320 g/mol. The van der Waals surface area contributed by atoms with Crippen molar-refractivity contribution in [2.24, 2.45) is 0 Å². The number of carbonyl (C=O) groups excluding carboxylic acids is 1. The van der Waals surface area contributed by atoms with Gasteiger partial charge >= 0.3 is 6.03 Å². The third-order valence-electron chi connectivity index (χ3n) is 5.03. The van der Waals surface area contributed by atoms with Gasteiger partial charge in [0.2, 0.25) is 0 Å². The molecule has 1 N–H and O–H groups in total. The Morgan fingerprint density at radius 3 is 2.64 bits per heavy atom. The highest BCUT2D eigenvalue weighted by Gasteiger charge is 2.36. The third-order valence-corrected chi connectivity index (χ3v) is 5.03. The minimum absolute atomic E-state index is 0.0222. The number of nitrogens with one attached hydrogen (secondary N) is 1. The van der Waals surface area contributed by atoms with Crippen LogP contribution in [-0.4, -0.2) is 49.9 Å². The Bertz CT molecular complexity index is 624. The maximum atomic E-state index is 12.7. The van der Waals surface area contributed by atoms with Crippen LogP contribution in [0.4, 0.5) is 4.79 Å². The number of methoxy groups -OCH3 is 2. The summed E-state index contributed by atoms with van der Waals surface area (Å²) < 4.78 is 16.8.